The van der Waals surface area contributed by atoms with Crippen LogP contribution in [0.4, 0.5) is 5.95 Å². The molecule has 0 atom stereocenters. The standard InChI is InChI=1S/C9H16N4/c1-9(2,3)7-11-12-8-10-5-4-6-13(7)8/h4-6H2,1-3H3,(H,10,12). The Kier molecular flexibility index (Phi) is 1.78. The fourth-order valence-corrected chi connectivity index (χ4v) is 1.64. The normalized spacial score (nSPS) is 16.5. The number of fused-ring (bicyclic) bond motifs is 1. The SMILES string of the molecule is CC(C)(C)c1nnc2n1CCCN2. The molecule has 1 aliphatic heterocycles. The number of nitrogens with one attached hydrogen (secondary N) is 1. The van der Waals surface area contributed by atoms with Crippen LogP contribution >= 0.6 is 0 Å². The van der Waals surface area contributed by atoms with Gasteiger partial charge < -0.3 is 5.32 Å². The first-order valence-corrected chi connectivity index (χ1v) is 4.76. The van der Waals surface area contributed by atoms with E-state index in [-0.39, 0.29) is 5.41 Å². The summed E-state index contributed by atoms with van der Waals surface area (Å²) in [6.45, 7) is 8.56. The topological polar surface area (TPSA) is 42.7 Å². The van der Waals surface area contributed by atoms with Crippen LogP contribution in [0.2, 0.25) is 0 Å². The molecule has 13 heavy (non-hydrogen) atoms. The Labute approximate surface area is 78.4 Å². The smallest absolute Gasteiger partial charge is 0.224 e. The average molecular weight is 180 g/mol. The van der Waals surface area contributed by atoms with Crippen LogP contribution in [0.5, 0.6) is 0 Å². The van der Waals surface area contributed by atoms with Gasteiger partial charge in [0.2, 0.25) is 5.95 Å². The van der Waals surface area contributed by atoms with Crippen LogP contribution in [0, 0.1) is 0 Å². The highest BCUT2D eigenvalue weighted by molar-refractivity contribution is 5.29. The van der Waals surface area contributed by atoms with Crippen LogP contribution in [0.25, 0.3) is 0 Å². The minimum absolute atomic E-state index is 0.0876. The second-order valence-electron chi connectivity index (χ2n) is 4.53. The first-order chi connectivity index (χ1) is 6.09. The van der Waals surface area contributed by atoms with Gasteiger partial charge in [-0.05, 0) is 6.42 Å². The van der Waals surface area contributed by atoms with E-state index < -0.39 is 0 Å². The third-order valence-corrected chi connectivity index (χ3v) is 2.26. The first kappa shape index (κ1) is 8.53. The summed E-state index contributed by atoms with van der Waals surface area (Å²) in [5.41, 5.74) is 0.0876. The van der Waals surface area contributed by atoms with Gasteiger partial charge in [0.25, 0.3) is 0 Å². The van der Waals surface area contributed by atoms with Crippen molar-refractivity contribution in [1.82, 2.24) is 14.8 Å². The van der Waals surface area contributed by atoms with E-state index in [1.807, 2.05) is 0 Å². The van der Waals surface area contributed by atoms with E-state index in [1.165, 1.54) is 0 Å². The summed E-state index contributed by atoms with van der Waals surface area (Å²) in [6.07, 6.45) is 1.16. The monoisotopic (exact) mass is 180 g/mol. The van der Waals surface area contributed by atoms with Crippen LogP contribution in [0.1, 0.15) is 33.0 Å². The maximum Gasteiger partial charge on any atom is 0.224 e. The lowest BCUT2D eigenvalue weighted by atomic mass is 9.95. The van der Waals surface area contributed by atoms with Crippen LogP contribution < -0.4 is 5.32 Å². The molecule has 1 aromatic rings. The summed E-state index contributed by atoms with van der Waals surface area (Å²) in [4.78, 5) is 0. The molecule has 4 heteroatoms. The van der Waals surface area contributed by atoms with Crippen molar-refractivity contribution >= 4 is 5.95 Å². The number of aromatic nitrogens is 3. The Morgan fingerprint density at radius 2 is 2.08 bits per heavy atom. The minimum atomic E-state index is 0.0876. The van der Waals surface area contributed by atoms with Crippen LogP contribution in [-0.2, 0) is 12.0 Å². The van der Waals surface area contributed by atoms with Gasteiger partial charge in [0, 0.05) is 18.5 Å². The van der Waals surface area contributed by atoms with E-state index in [9.17, 15) is 0 Å². The van der Waals surface area contributed by atoms with Crippen molar-refractivity contribution in [2.24, 2.45) is 0 Å². The summed E-state index contributed by atoms with van der Waals surface area (Å²) in [5.74, 6) is 2.01. The molecule has 0 spiro atoms. The second kappa shape index (κ2) is 2.72. The highest BCUT2D eigenvalue weighted by atomic mass is 15.4. The van der Waals surface area contributed by atoms with Crippen molar-refractivity contribution in [3.8, 4) is 0 Å². The minimum Gasteiger partial charge on any atom is -0.354 e. The van der Waals surface area contributed by atoms with Gasteiger partial charge in [-0.15, -0.1) is 10.2 Å². The van der Waals surface area contributed by atoms with Gasteiger partial charge in [0.1, 0.15) is 5.82 Å². The van der Waals surface area contributed by atoms with E-state index in [1.54, 1.807) is 0 Å². The second-order valence-corrected chi connectivity index (χ2v) is 4.53. The predicted octanol–water partition coefficient (Wildman–Crippen LogP) is 1.39. The van der Waals surface area contributed by atoms with Crippen molar-refractivity contribution < 1.29 is 0 Å². The van der Waals surface area contributed by atoms with Crippen molar-refractivity contribution in [2.75, 3.05) is 11.9 Å². The van der Waals surface area contributed by atoms with Gasteiger partial charge in [-0.2, -0.15) is 0 Å². The molecule has 0 radical (unpaired) electrons. The van der Waals surface area contributed by atoms with Crippen molar-refractivity contribution in [3.63, 3.8) is 0 Å². The third kappa shape index (κ3) is 1.41. The highest BCUT2D eigenvalue weighted by Crippen LogP contribution is 2.24. The largest absolute Gasteiger partial charge is 0.354 e. The first-order valence-electron chi connectivity index (χ1n) is 4.76. The van der Waals surface area contributed by atoms with Gasteiger partial charge in [0.15, 0.2) is 0 Å². The highest BCUT2D eigenvalue weighted by Gasteiger charge is 2.24. The van der Waals surface area contributed by atoms with Gasteiger partial charge in [0.05, 0.1) is 0 Å². The molecule has 0 aromatic carbocycles. The van der Waals surface area contributed by atoms with Gasteiger partial charge >= 0.3 is 0 Å². The van der Waals surface area contributed by atoms with Crippen molar-refractivity contribution in [1.29, 1.82) is 0 Å². The molecule has 0 saturated heterocycles. The molecule has 0 saturated carbocycles. The Hall–Kier alpha value is -1.06. The predicted molar refractivity (Wildman–Crippen MR) is 51.8 cm³/mol. The zero-order valence-electron chi connectivity index (χ0n) is 8.46. The zero-order valence-corrected chi connectivity index (χ0v) is 8.46. The molecule has 72 valence electrons. The number of hydrogen-bond acceptors (Lipinski definition) is 3. The molecular weight excluding hydrogens is 164 g/mol. The van der Waals surface area contributed by atoms with Gasteiger partial charge in [-0.3, -0.25) is 4.57 Å². The average Bonchev–Trinajstić information content (AvgIpc) is 2.45. The molecule has 1 aromatic heterocycles. The van der Waals surface area contributed by atoms with Gasteiger partial charge in [-0.25, -0.2) is 0 Å². The van der Waals surface area contributed by atoms with Crippen LogP contribution in [0.15, 0.2) is 0 Å². The molecule has 0 fully saturated rings. The van der Waals surface area contributed by atoms with E-state index in [0.717, 1.165) is 31.3 Å². The molecule has 0 bridgehead atoms. The lowest BCUT2D eigenvalue weighted by Gasteiger charge is -2.22. The van der Waals surface area contributed by atoms with E-state index in [0.29, 0.717) is 0 Å². The Bertz CT molecular complexity index is 308. The summed E-state index contributed by atoms with van der Waals surface area (Å²) < 4.78 is 2.18. The maximum absolute atomic E-state index is 4.22. The Balaban J connectivity index is 2.43. The number of hydrogen-bond donors (Lipinski definition) is 1. The van der Waals surface area contributed by atoms with Gasteiger partial charge in [-0.1, -0.05) is 20.8 Å². The molecule has 0 aliphatic carbocycles. The van der Waals surface area contributed by atoms with E-state index in [4.69, 9.17) is 0 Å². The molecule has 2 heterocycles. The summed E-state index contributed by atoms with van der Waals surface area (Å²) in [5, 5.41) is 11.6. The Morgan fingerprint density at radius 3 is 2.77 bits per heavy atom. The summed E-state index contributed by atoms with van der Waals surface area (Å²) in [7, 11) is 0. The number of rotatable bonds is 0. The summed E-state index contributed by atoms with van der Waals surface area (Å²) in [6, 6.07) is 0. The van der Waals surface area contributed by atoms with Crippen LogP contribution in [0.3, 0.4) is 0 Å². The maximum atomic E-state index is 4.22. The van der Waals surface area contributed by atoms with Crippen molar-refractivity contribution in [2.45, 2.75) is 39.2 Å². The molecular formula is C9H16N4. The molecule has 1 aliphatic rings. The molecule has 2 rings (SSSR count). The molecule has 1 N–H and O–H groups in total. The molecule has 4 nitrogen and oxygen atoms in total. The number of nitrogens with zero attached hydrogens (tertiary/aromatic N) is 3. The van der Waals surface area contributed by atoms with E-state index >= 15 is 0 Å². The fraction of sp³-hybridized carbons (Fsp3) is 0.778. The quantitative estimate of drug-likeness (QED) is 0.656. The van der Waals surface area contributed by atoms with E-state index in [2.05, 4.69) is 40.9 Å². The molecule has 0 amide bonds. The Morgan fingerprint density at radius 1 is 1.31 bits per heavy atom. The zero-order chi connectivity index (χ0) is 9.47. The fourth-order valence-electron chi connectivity index (χ4n) is 1.64. The third-order valence-electron chi connectivity index (χ3n) is 2.26. The molecule has 0 unspecified atom stereocenters. The van der Waals surface area contributed by atoms with Crippen LogP contribution in [-0.4, -0.2) is 21.3 Å². The van der Waals surface area contributed by atoms with Crippen molar-refractivity contribution in [3.05, 3.63) is 5.82 Å². The number of anilines is 1. The lowest BCUT2D eigenvalue weighted by Crippen LogP contribution is -2.24. The summed E-state index contributed by atoms with van der Waals surface area (Å²) >= 11 is 0. The lowest BCUT2D eigenvalue weighted by molar-refractivity contribution is 0.486.